The zero-order valence-electron chi connectivity index (χ0n) is 10.4. The van der Waals surface area contributed by atoms with Gasteiger partial charge in [-0.2, -0.15) is 0 Å². The lowest BCUT2D eigenvalue weighted by Crippen LogP contribution is -2.12. The fraction of sp³-hybridized carbons (Fsp3) is 0.231. The molecule has 0 radical (unpaired) electrons. The van der Waals surface area contributed by atoms with E-state index >= 15 is 0 Å². The number of anilines is 2. The Kier molecular flexibility index (Phi) is 3.99. The number of benzene rings is 1. The molecule has 0 aliphatic rings. The molecular weight excluding hydrogens is 248 g/mol. The highest BCUT2D eigenvalue weighted by Crippen LogP contribution is 2.32. The second-order valence-electron chi connectivity index (χ2n) is 4.13. The Morgan fingerprint density at radius 1 is 1.22 bits per heavy atom. The van der Waals surface area contributed by atoms with Gasteiger partial charge in [0.25, 0.3) is 0 Å². The van der Waals surface area contributed by atoms with Gasteiger partial charge >= 0.3 is 0 Å². The van der Waals surface area contributed by atoms with Crippen LogP contribution in [0.3, 0.4) is 0 Å². The number of aromatic nitrogens is 2. The average Bonchev–Trinajstić information content (AvgIpc) is 2.37. The molecule has 1 heterocycles. The molecule has 0 unspecified atom stereocenters. The highest BCUT2D eigenvalue weighted by molar-refractivity contribution is 6.34. The normalized spacial score (nSPS) is 10.2. The van der Waals surface area contributed by atoms with Crippen molar-refractivity contribution < 1.29 is 0 Å². The molecular formula is C13H15ClN4. The van der Waals surface area contributed by atoms with Gasteiger partial charge < -0.3 is 10.2 Å². The first kappa shape index (κ1) is 12.6. The maximum atomic E-state index is 6.20. The fourth-order valence-corrected chi connectivity index (χ4v) is 2.07. The van der Waals surface area contributed by atoms with E-state index in [2.05, 4.69) is 15.3 Å². The smallest absolute Gasteiger partial charge is 0.115 e. The number of halogens is 1. The molecule has 0 aliphatic carbocycles. The molecule has 0 bridgehead atoms. The van der Waals surface area contributed by atoms with Crippen molar-refractivity contribution in [3.63, 3.8) is 0 Å². The molecule has 1 aromatic carbocycles. The first-order valence-corrected chi connectivity index (χ1v) is 6.00. The summed E-state index contributed by atoms with van der Waals surface area (Å²) in [5.41, 5.74) is 3.01. The Labute approximate surface area is 112 Å². The van der Waals surface area contributed by atoms with E-state index in [1.807, 2.05) is 37.2 Å². The molecule has 0 atom stereocenters. The van der Waals surface area contributed by atoms with Gasteiger partial charge in [0.2, 0.25) is 0 Å². The zero-order valence-corrected chi connectivity index (χ0v) is 11.1. The van der Waals surface area contributed by atoms with Crippen molar-refractivity contribution in [3.8, 4) is 0 Å². The van der Waals surface area contributed by atoms with Crippen molar-refractivity contribution in [2.75, 3.05) is 24.3 Å². The number of nitrogens with zero attached hydrogens (tertiary/aromatic N) is 3. The molecule has 4 nitrogen and oxygen atoms in total. The standard InChI is InChI=1S/C13H15ClN4/c1-18(2)13-11(14)4-3-5-12(13)17-8-10-6-15-9-16-7-10/h3-7,9,17H,8H2,1-2H3. The van der Waals surface area contributed by atoms with Crippen molar-refractivity contribution in [2.45, 2.75) is 6.54 Å². The molecule has 0 amide bonds. The lowest BCUT2D eigenvalue weighted by Gasteiger charge is -2.19. The van der Waals surface area contributed by atoms with Crippen molar-refractivity contribution in [1.29, 1.82) is 0 Å². The van der Waals surface area contributed by atoms with E-state index < -0.39 is 0 Å². The van der Waals surface area contributed by atoms with Crippen LogP contribution in [0.2, 0.25) is 5.02 Å². The molecule has 18 heavy (non-hydrogen) atoms. The van der Waals surface area contributed by atoms with Crippen LogP contribution in [0.25, 0.3) is 0 Å². The lowest BCUT2D eigenvalue weighted by atomic mass is 10.2. The molecule has 2 aromatic rings. The van der Waals surface area contributed by atoms with Crippen LogP contribution in [0.15, 0.2) is 36.9 Å². The van der Waals surface area contributed by atoms with Crippen LogP contribution in [-0.2, 0) is 6.54 Å². The highest BCUT2D eigenvalue weighted by Gasteiger charge is 2.08. The van der Waals surface area contributed by atoms with Crippen LogP contribution in [0.5, 0.6) is 0 Å². The molecule has 94 valence electrons. The topological polar surface area (TPSA) is 41.0 Å². The third-order valence-corrected chi connectivity index (χ3v) is 2.84. The van der Waals surface area contributed by atoms with E-state index in [1.54, 1.807) is 12.4 Å². The summed E-state index contributed by atoms with van der Waals surface area (Å²) in [7, 11) is 3.94. The van der Waals surface area contributed by atoms with Gasteiger partial charge in [-0.05, 0) is 12.1 Å². The summed E-state index contributed by atoms with van der Waals surface area (Å²) >= 11 is 6.20. The van der Waals surface area contributed by atoms with E-state index in [-0.39, 0.29) is 0 Å². The van der Waals surface area contributed by atoms with Crippen LogP contribution in [-0.4, -0.2) is 24.1 Å². The monoisotopic (exact) mass is 262 g/mol. The van der Waals surface area contributed by atoms with Crippen molar-refractivity contribution in [2.24, 2.45) is 0 Å². The first-order chi connectivity index (χ1) is 8.68. The van der Waals surface area contributed by atoms with Gasteiger partial charge in [-0.3, -0.25) is 0 Å². The van der Waals surface area contributed by atoms with Crippen LogP contribution < -0.4 is 10.2 Å². The minimum atomic E-state index is 0.669. The maximum absolute atomic E-state index is 6.20. The van der Waals surface area contributed by atoms with Gasteiger partial charge in [0, 0.05) is 38.6 Å². The van der Waals surface area contributed by atoms with E-state index in [0.717, 1.165) is 22.0 Å². The molecule has 0 spiro atoms. The van der Waals surface area contributed by atoms with Gasteiger partial charge in [-0.1, -0.05) is 17.7 Å². The van der Waals surface area contributed by atoms with Gasteiger partial charge in [0.15, 0.2) is 0 Å². The molecule has 2 rings (SSSR count). The van der Waals surface area contributed by atoms with Gasteiger partial charge in [-0.15, -0.1) is 0 Å². The minimum absolute atomic E-state index is 0.669. The molecule has 1 N–H and O–H groups in total. The third-order valence-electron chi connectivity index (χ3n) is 2.53. The van der Waals surface area contributed by atoms with Gasteiger partial charge in [0.05, 0.1) is 16.4 Å². The number of hydrogen-bond donors (Lipinski definition) is 1. The van der Waals surface area contributed by atoms with Crippen LogP contribution in [0, 0.1) is 0 Å². The molecule has 0 saturated heterocycles. The number of para-hydroxylation sites is 1. The summed E-state index contributed by atoms with van der Waals surface area (Å²) in [6, 6.07) is 5.82. The Morgan fingerprint density at radius 2 is 1.94 bits per heavy atom. The van der Waals surface area contributed by atoms with Crippen LogP contribution >= 0.6 is 11.6 Å². The summed E-state index contributed by atoms with van der Waals surface area (Å²) in [6.07, 6.45) is 5.11. The molecule has 1 aromatic heterocycles. The minimum Gasteiger partial charge on any atom is -0.379 e. The molecule has 0 fully saturated rings. The Morgan fingerprint density at radius 3 is 2.61 bits per heavy atom. The van der Waals surface area contributed by atoms with Crippen molar-refractivity contribution >= 4 is 23.0 Å². The summed E-state index contributed by atoms with van der Waals surface area (Å²) < 4.78 is 0. The summed E-state index contributed by atoms with van der Waals surface area (Å²) in [5.74, 6) is 0. The van der Waals surface area contributed by atoms with Crippen molar-refractivity contribution in [1.82, 2.24) is 9.97 Å². The average molecular weight is 263 g/mol. The highest BCUT2D eigenvalue weighted by atomic mass is 35.5. The second kappa shape index (κ2) is 5.69. The van der Waals surface area contributed by atoms with Gasteiger partial charge in [0.1, 0.15) is 6.33 Å². The Hall–Kier alpha value is -1.81. The van der Waals surface area contributed by atoms with E-state index in [4.69, 9.17) is 11.6 Å². The predicted octanol–water partition coefficient (Wildman–Crippen LogP) is 2.81. The Balaban J connectivity index is 2.17. The van der Waals surface area contributed by atoms with E-state index in [9.17, 15) is 0 Å². The quantitative estimate of drug-likeness (QED) is 0.920. The predicted molar refractivity (Wildman–Crippen MR) is 75.1 cm³/mol. The van der Waals surface area contributed by atoms with Crippen LogP contribution in [0.4, 0.5) is 11.4 Å². The van der Waals surface area contributed by atoms with Crippen molar-refractivity contribution in [3.05, 3.63) is 47.5 Å². The maximum Gasteiger partial charge on any atom is 0.115 e. The summed E-state index contributed by atoms with van der Waals surface area (Å²) in [4.78, 5) is 9.96. The van der Waals surface area contributed by atoms with Crippen LogP contribution in [0.1, 0.15) is 5.56 Å². The lowest BCUT2D eigenvalue weighted by molar-refractivity contribution is 1.04. The first-order valence-electron chi connectivity index (χ1n) is 5.62. The number of nitrogens with one attached hydrogen (secondary N) is 1. The second-order valence-corrected chi connectivity index (χ2v) is 4.54. The van der Waals surface area contributed by atoms with Gasteiger partial charge in [-0.25, -0.2) is 9.97 Å². The number of rotatable bonds is 4. The molecule has 0 aliphatic heterocycles. The summed E-state index contributed by atoms with van der Waals surface area (Å²) in [5, 5.41) is 4.08. The Bertz CT molecular complexity index is 514. The largest absolute Gasteiger partial charge is 0.379 e. The fourth-order valence-electron chi connectivity index (χ4n) is 1.73. The third kappa shape index (κ3) is 2.90. The SMILES string of the molecule is CN(C)c1c(Cl)cccc1NCc1cncnc1. The van der Waals surface area contributed by atoms with E-state index in [1.165, 1.54) is 6.33 Å². The summed E-state index contributed by atoms with van der Waals surface area (Å²) in [6.45, 7) is 0.669. The molecule has 5 heteroatoms. The molecule has 0 saturated carbocycles. The van der Waals surface area contributed by atoms with E-state index in [0.29, 0.717) is 6.54 Å². The number of hydrogen-bond acceptors (Lipinski definition) is 4. The zero-order chi connectivity index (χ0) is 13.0.